The maximum Gasteiger partial charge on any atom is 0.407 e. The first-order valence-electron chi connectivity index (χ1n) is 10.9. The van der Waals surface area contributed by atoms with E-state index in [-0.39, 0.29) is 19.1 Å². The number of rotatable bonds is 8. The van der Waals surface area contributed by atoms with Crippen LogP contribution in [0.3, 0.4) is 0 Å². The largest absolute Gasteiger partial charge is 0.481 e. The topological polar surface area (TPSA) is 118 Å². The predicted octanol–water partition coefficient (Wildman–Crippen LogP) is 3.39. The van der Waals surface area contributed by atoms with E-state index in [1.807, 2.05) is 61.5 Å². The van der Waals surface area contributed by atoms with Crippen LogP contribution in [0.15, 0.2) is 66.9 Å². The number of nitrogens with zero attached hydrogens (tertiary/aromatic N) is 1. The predicted molar refractivity (Wildman–Crippen MR) is 125 cm³/mol. The second-order valence-corrected chi connectivity index (χ2v) is 8.14. The summed E-state index contributed by atoms with van der Waals surface area (Å²) in [6, 6.07) is 18.2. The van der Waals surface area contributed by atoms with E-state index in [0.717, 1.165) is 33.5 Å². The van der Waals surface area contributed by atoms with Crippen LogP contribution in [0.2, 0.25) is 0 Å². The fourth-order valence-electron chi connectivity index (χ4n) is 4.19. The number of alkyl carbamates (subject to hydrolysis) is 1. The molecule has 34 heavy (non-hydrogen) atoms. The van der Waals surface area contributed by atoms with Crippen LogP contribution in [-0.2, 0) is 20.9 Å². The molecule has 3 aromatic rings. The highest BCUT2D eigenvalue weighted by Gasteiger charge is 2.30. The van der Waals surface area contributed by atoms with Gasteiger partial charge in [0.2, 0.25) is 5.91 Å². The zero-order chi connectivity index (χ0) is 24.1. The summed E-state index contributed by atoms with van der Waals surface area (Å²) in [6.45, 7) is 2.08. The van der Waals surface area contributed by atoms with Crippen molar-refractivity contribution < 1.29 is 24.2 Å². The summed E-state index contributed by atoms with van der Waals surface area (Å²) in [5, 5.41) is 14.3. The standard InChI is InChI=1S/C26H25N3O5/c1-16-12-17(10-11-27-16)14-28-25(32)23(13-24(30)31)29-26(33)34-15-22-20-8-4-2-6-18(20)19-7-3-5-9-21(19)22/h2-12,22-23H,13-15H2,1H3,(H,28,32)(H,29,33)(H,30,31). The molecule has 0 aliphatic heterocycles. The van der Waals surface area contributed by atoms with Crippen molar-refractivity contribution in [2.24, 2.45) is 0 Å². The molecular weight excluding hydrogens is 434 g/mol. The highest BCUT2D eigenvalue weighted by Crippen LogP contribution is 2.44. The molecule has 1 aliphatic carbocycles. The van der Waals surface area contributed by atoms with Gasteiger partial charge in [-0.3, -0.25) is 14.6 Å². The molecule has 0 bridgehead atoms. The van der Waals surface area contributed by atoms with Gasteiger partial charge in [0.25, 0.3) is 0 Å². The van der Waals surface area contributed by atoms with E-state index in [2.05, 4.69) is 15.6 Å². The second-order valence-electron chi connectivity index (χ2n) is 8.14. The number of carboxylic acids is 1. The third-order valence-corrected chi connectivity index (χ3v) is 5.76. The molecule has 1 atom stereocenters. The van der Waals surface area contributed by atoms with Crippen molar-refractivity contribution in [2.75, 3.05) is 6.61 Å². The smallest absolute Gasteiger partial charge is 0.407 e. The van der Waals surface area contributed by atoms with E-state index in [0.29, 0.717) is 0 Å². The minimum atomic E-state index is -1.27. The van der Waals surface area contributed by atoms with Crippen LogP contribution in [0.5, 0.6) is 0 Å². The summed E-state index contributed by atoms with van der Waals surface area (Å²) in [4.78, 5) is 40.5. The molecule has 8 nitrogen and oxygen atoms in total. The Morgan fingerprint density at radius 1 is 1.03 bits per heavy atom. The molecule has 0 saturated heterocycles. The van der Waals surface area contributed by atoms with Gasteiger partial charge in [-0.1, -0.05) is 48.5 Å². The van der Waals surface area contributed by atoms with E-state index in [1.54, 1.807) is 12.3 Å². The van der Waals surface area contributed by atoms with Gasteiger partial charge in [-0.15, -0.1) is 0 Å². The highest BCUT2D eigenvalue weighted by molar-refractivity contribution is 5.89. The van der Waals surface area contributed by atoms with Crippen molar-refractivity contribution in [3.63, 3.8) is 0 Å². The number of benzene rings is 2. The van der Waals surface area contributed by atoms with Crippen molar-refractivity contribution in [2.45, 2.75) is 31.8 Å². The summed E-state index contributed by atoms with van der Waals surface area (Å²) >= 11 is 0. The first-order chi connectivity index (χ1) is 16.4. The molecule has 0 radical (unpaired) electrons. The van der Waals surface area contributed by atoms with Gasteiger partial charge in [0.15, 0.2) is 0 Å². The quantitative estimate of drug-likeness (QED) is 0.475. The maximum atomic E-state index is 12.6. The van der Waals surface area contributed by atoms with E-state index in [1.165, 1.54) is 0 Å². The molecular formula is C26H25N3O5. The van der Waals surface area contributed by atoms with Gasteiger partial charge in [-0.2, -0.15) is 0 Å². The molecule has 1 aromatic heterocycles. The number of aromatic nitrogens is 1. The monoisotopic (exact) mass is 459 g/mol. The van der Waals surface area contributed by atoms with Gasteiger partial charge in [0, 0.05) is 24.4 Å². The fraction of sp³-hybridized carbons (Fsp3) is 0.231. The molecule has 174 valence electrons. The number of ether oxygens (including phenoxy) is 1. The SMILES string of the molecule is Cc1cc(CNC(=O)C(CC(=O)O)NC(=O)OCC2c3ccccc3-c3ccccc32)ccn1. The number of carboxylic acid groups (broad SMARTS) is 1. The fourth-order valence-corrected chi connectivity index (χ4v) is 4.19. The maximum absolute atomic E-state index is 12.6. The van der Waals surface area contributed by atoms with Crippen molar-refractivity contribution >= 4 is 18.0 Å². The third-order valence-electron chi connectivity index (χ3n) is 5.76. The summed E-state index contributed by atoms with van der Waals surface area (Å²) in [5.41, 5.74) is 5.93. The third kappa shape index (κ3) is 5.23. The van der Waals surface area contributed by atoms with Gasteiger partial charge in [-0.25, -0.2) is 4.79 Å². The molecule has 2 aromatic carbocycles. The highest BCUT2D eigenvalue weighted by atomic mass is 16.5. The number of pyridine rings is 1. The second kappa shape index (κ2) is 10.2. The molecule has 1 aliphatic rings. The summed E-state index contributed by atoms with van der Waals surface area (Å²) in [6.07, 6.45) is 0.217. The number of carbonyl (C=O) groups is 3. The van der Waals surface area contributed by atoms with Gasteiger partial charge in [0.1, 0.15) is 12.6 Å². The van der Waals surface area contributed by atoms with Crippen LogP contribution in [0.4, 0.5) is 4.79 Å². The van der Waals surface area contributed by atoms with E-state index in [9.17, 15) is 19.5 Å². The number of carbonyl (C=O) groups excluding carboxylic acids is 2. The minimum Gasteiger partial charge on any atom is -0.481 e. The average molecular weight is 460 g/mol. The number of fused-ring (bicyclic) bond motifs is 3. The van der Waals surface area contributed by atoms with E-state index < -0.39 is 30.4 Å². The van der Waals surface area contributed by atoms with Crippen molar-refractivity contribution in [3.05, 3.63) is 89.2 Å². The minimum absolute atomic E-state index is 0.0670. The van der Waals surface area contributed by atoms with Gasteiger partial charge >= 0.3 is 12.1 Å². The first-order valence-corrected chi connectivity index (χ1v) is 10.9. The van der Waals surface area contributed by atoms with Crippen LogP contribution in [-0.4, -0.2) is 40.7 Å². The van der Waals surface area contributed by atoms with Crippen LogP contribution in [0.1, 0.15) is 34.7 Å². The van der Waals surface area contributed by atoms with Crippen molar-refractivity contribution in [3.8, 4) is 11.1 Å². The molecule has 0 fully saturated rings. The molecule has 3 N–H and O–H groups in total. The zero-order valence-corrected chi connectivity index (χ0v) is 18.7. The van der Waals surface area contributed by atoms with Gasteiger partial charge in [-0.05, 0) is 46.9 Å². The normalized spacial score (nSPS) is 12.9. The Hall–Kier alpha value is -4.20. The summed E-state index contributed by atoms with van der Waals surface area (Å²) in [7, 11) is 0. The lowest BCUT2D eigenvalue weighted by Gasteiger charge is -2.19. The van der Waals surface area contributed by atoms with Crippen LogP contribution in [0, 0.1) is 6.92 Å². The number of amides is 2. The molecule has 0 saturated carbocycles. The molecule has 1 heterocycles. The first kappa shape index (κ1) is 23.0. The van der Waals surface area contributed by atoms with Crippen LogP contribution < -0.4 is 10.6 Å². The Morgan fingerprint density at radius 2 is 1.68 bits per heavy atom. The summed E-state index contributed by atoms with van der Waals surface area (Å²) in [5.74, 6) is -1.95. The lowest BCUT2D eigenvalue weighted by molar-refractivity contribution is -0.139. The van der Waals surface area contributed by atoms with Crippen LogP contribution in [0.25, 0.3) is 11.1 Å². The van der Waals surface area contributed by atoms with Crippen molar-refractivity contribution in [1.29, 1.82) is 0 Å². The van der Waals surface area contributed by atoms with E-state index >= 15 is 0 Å². The van der Waals surface area contributed by atoms with Gasteiger partial charge < -0.3 is 20.5 Å². The van der Waals surface area contributed by atoms with Gasteiger partial charge in [0.05, 0.1) is 6.42 Å². The molecule has 0 spiro atoms. The number of hydrogen-bond acceptors (Lipinski definition) is 5. The molecule has 8 heteroatoms. The Kier molecular flexibility index (Phi) is 6.87. The molecule has 4 rings (SSSR count). The Morgan fingerprint density at radius 3 is 2.29 bits per heavy atom. The zero-order valence-electron chi connectivity index (χ0n) is 18.7. The number of aliphatic carboxylic acids is 1. The lowest BCUT2D eigenvalue weighted by atomic mass is 9.98. The van der Waals surface area contributed by atoms with Crippen LogP contribution >= 0.6 is 0 Å². The Bertz CT molecular complexity index is 1180. The molecule has 2 amide bonds. The Balaban J connectivity index is 1.38. The van der Waals surface area contributed by atoms with Crippen molar-refractivity contribution in [1.82, 2.24) is 15.6 Å². The Labute approximate surface area is 197 Å². The summed E-state index contributed by atoms with van der Waals surface area (Å²) < 4.78 is 5.45. The number of nitrogens with one attached hydrogen (secondary N) is 2. The molecule has 1 unspecified atom stereocenters. The lowest BCUT2D eigenvalue weighted by Crippen LogP contribution is -2.48. The number of hydrogen-bond donors (Lipinski definition) is 3. The van der Waals surface area contributed by atoms with E-state index in [4.69, 9.17) is 4.74 Å². The number of aryl methyl sites for hydroxylation is 1. The average Bonchev–Trinajstić information content (AvgIpc) is 3.14.